The molecule has 0 aliphatic heterocycles. The third-order valence-corrected chi connectivity index (χ3v) is 3.91. The van der Waals surface area contributed by atoms with Gasteiger partial charge in [0.2, 0.25) is 5.91 Å². The quantitative estimate of drug-likeness (QED) is 0.731. The van der Waals surface area contributed by atoms with Gasteiger partial charge in [0.05, 0.1) is 6.54 Å². The molecule has 0 aromatic carbocycles. The summed E-state index contributed by atoms with van der Waals surface area (Å²) in [6.07, 6.45) is 7.48. The van der Waals surface area contributed by atoms with Crippen molar-refractivity contribution in [1.29, 1.82) is 0 Å². The first-order valence-corrected chi connectivity index (χ1v) is 6.43. The molecule has 0 radical (unpaired) electrons. The topological polar surface area (TPSA) is 58.4 Å². The Labute approximate surface area is 97.6 Å². The molecular weight excluding hydrogens is 202 g/mol. The minimum absolute atomic E-state index is 0.0129. The van der Waals surface area contributed by atoms with Gasteiger partial charge in [0.25, 0.3) is 0 Å². The second-order valence-electron chi connectivity index (χ2n) is 5.13. The van der Waals surface area contributed by atoms with Gasteiger partial charge in [0.15, 0.2) is 0 Å². The van der Waals surface area contributed by atoms with E-state index in [2.05, 4.69) is 17.3 Å². The molecule has 0 bridgehead atoms. The van der Waals surface area contributed by atoms with Crippen LogP contribution in [0.5, 0.6) is 0 Å². The van der Waals surface area contributed by atoms with Crippen LogP contribution in [0.2, 0.25) is 0 Å². The van der Waals surface area contributed by atoms with Crippen LogP contribution in [0.15, 0.2) is 0 Å². The molecule has 2 aliphatic carbocycles. The molecule has 0 unspecified atom stereocenters. The summed E-state index contributed by atoms with van der Waals surface area (Å²) in [5.41, 5.74) is 5.36. The Morgan fingerprint density at radius 3 is 2.62 bits per heavy atom. The Balaban J connectivity index is 1.92. The van der Waals surface area contributed by atoms with Crippen molar-refractivity contribution in [3.63, 3.8) is 0 Å². The molecule has 2 aliphatic rings. The predicted molar refractivity (Wildman–Crippen MR) is 64.0 cm³/mol. The van der Waals surface area contributed by atoms with Crippen LogP contribution >= 0.6 is 0 Å². The van der Waals surface area contributed by atoms with Crippen molar-refractivity contribution < 1.29 is 4.79 Å². The summed E-state index contributed by atoms with van der Waals surface area (Å²) in [5.74, 6) is -0.0129. The Hall–Kier alpha value is -0.610. The zero-order valence-electron chi connectivity index (χ0n) is 10.1. The maximum absolute atomic E-state index is 11.4. The first-order chi connectivity index (χ1) is 7.72. The van der Waals surface area contributed by atoms with Crippen LogP contribution in [0.4, 0.5) is 0 Å². The Kier molecular flexibility index (Phi) is 3.82. The molecule has 1 amide bonds. The summed E-state index contributed by atoms with van der Waals surface area (Å²) in [6.45, 7) is 0.108. The zero-order chi connectivity index (χ0) is 11.5. The van der Waals surface area contributed by atoms with E-state index in [-0.39, 0.29) is 12.5 Å². The molecule has 0 saturated heterocycles. The Bertz CT molecular complexity index is 253. The maximum atomic E-state index is 11.4. The molecule has 2 rings (SSSR count). The molecule has 2 saturated carbocycles. The number of nitrogens with two attached hydrogens (primary N) is 1. The highest BCUT2D eigenvalue weighted by Gasteiger charge is 2.36. The third kappa shape index (κ3) is 2.74. The monoisotopic (exact) mass is 225 g/mol. The van der Waals surface area contributed by atoms with Gasteiger partial charge >= 0.3 is 0 Å². The number of carbonyl (C=O) groups excluding carboxylic acids is 1. The van der Waals surface area contributed by atoms with Gasteiger partial charge in [-0.15, -0.1) is 0 Å². The maximum Gasteiger partial charge on any atom is 0.234 e. The Morgan fingerprint density at radius 1 is 1.31 bits per heavy atom. The number of amides is 1. The van der Waals surface area contributed by atoms with Crippen molar-refractivity contribution in [3.05, 3.63) is 0 Å². The van der Waals surface area contributed by atoms with Crippen molar-refractivity contribution in [2.45, 2.75) is 56.7 Å². The molecule has 0 aromatic heterocycles. The minimum Gasteiger partial charge on any atom is -0.351 e. The van der Waals surface area contributed by atoms with E-state index in [4.69, 9.17) is 5.73 Å². The molecule has 2 fully saturated rings. The van der Waals surface area contributed by atoms with Gasteiger partial charge < -0.3 is 11.1 Å². The van der Waals surface area contributed by atoms with E-state index in [0.29, 0.717) is 12.1 Å². The van der Waals surface area contributed by atoms with Crippen molar-refractivity contribution >= 4 is 5.91 Å². The van der Waals surface area contributed by atoms with Gasteiger partial charge in [-0.3, -0.25) is 9.69 Å². The minimum atomic E-state index is -0.0129. The fourth-order valence-electron chi connectivity index (χ4n) is 2.79. The Morgan fingerprint density at radius 2 is 2.00 bits per heavy atom. The first-order valence-electron chi connectivity index (χ1n) is 6.43. The lowest BCUT2D eigenvalue weighted by atomic mass is 9.89. The largest absolute Gasteiger partial charge is 0.351 e. The summed E-state index contributed by atoms with van der Waals surface area (Å²) in [4.78, 5) is 13.9. The summed E-state index contributed by atoms with van der Waals surface area (Å²) >= 11 is 0. The fraction of sp³-hybridized carbons (Fsp3) is 0.917. The first kappa shape index (κ1) is 11.9. The number of hydrogen-bond acceptors (Lipinski definition) is 3. The van der Waals surface area contributed by atoms with E-state index >= 15 is 0 Å². The van der Waals surface area contributed by atoms with Crippen LogP contribution in [-0.4, -0.2) is 42.5 Å². The average molecular weight is 225 g/mol. The number of carbonyl (C=O) groups is 1. The second-order valence-corrected chi connectivity index (χ2v) is 5.13. The van der Waals surface area contributed by atoms with E-state index in [9.17, 15) is 4.79 Å². The molecule has 0 aromatic rings. The molecule has 2 atom stereocenters. The van der Waals surface area contributed by atoms with Crippen molar-refractivity contribution in [2.75, 3.05) is 13.6 Å². The van der Waals surface area contributed by atoms with Crippen LogP contribution in [0, 0.1) is 0 Å². The van der Waals surface area contributed by atoms with Gasteiger partial charge in [-0.05, 0) is 32.7 Å². The summed E-state index contributed by atoms with van der Waals surface area (Å²) in [6, 6.07) is 1.60. The molecule has 4 nitrogen and oxygen atoms in total. The standard InChI is InChI=1S/C12H23N3O/c1-15(9-6-7-9)11-5-3-2-4-10(11)14-12(16)8-13/h9-11H,2-8,13H2,1H3,(H,14,16)/t10-,11-/m1/s1. The highest BCUT2D eigenvalue weighted by Crippen LogP contribution is 2.32. The highest BCUT2D eigenvalue weighted by atomic mass is 16.1. The molecule has 16 heavy (non-hydrogen) atoms. The summed E-state index contributed by atoms with van der Waals surface area (Å²) in [5, 5.41) is 3.08. The van der Waals surface area contributed by atoms with E-state index in [0.717, 1.165) is 12.5 Å². The van der Waals surface area contributed by atoms with Crippen LogP contribution in [-0.2, 0) is 4.79 Å². The van der Waals surface area contributed by atoms with Gasteiger partial charge in [-0.2, -0.15) is 0 Å². The average Bonchev–Trinajstić information content (AvgIpc) is 3.12. The van der Waals surface area contributed by atoms with Gasteiger partial charge in [0.1, 0.15) is 0 Å². The van der Waals surface area contributed by atoms with Gasteiger partial charge in [0, 0.05) is 18.1 Å². The van der Waals surface area contributed by atoms with E-state index in [1.807, 2.05) is 0 Å². The lowest BCUT2D eigenvalue weighted by Crippen LogP contribution is -2.53. The van der Waals surface area contributed by atoms with Gasteiger partial charge in [-0.25, -0.2) is 0 Å². The molecular formula is C12H23N3O. The molecule has 4 heteroatoms. The molecule has 92 valence electrons. The number of rotatable bonds is 4. The lowest BCUT2D eigenvalue weighted by Gasteiger charge is -2.38. The SMILES string of the molecule is CN(C1CC1)[C@@H]1CCCC[C@H]1NC(=O)CN. The predicted octanol–water partition coefficient (Wildman–Crippen LogP) is 0.467. The number of nitrogens with zero attached hydrogens (tertiary/aromatic N) is 1. The number of likely N-dealkylation sites (N-methyl/N-ethyl adjacent to an activating group) is 1. The van der Waals surface area contributed by atoms with E-state index in [1.165, 1.54) is 32.1 Å². The number of nitrogens with one attached hydrogen (secondary N) is 1. The van der Waals surface area contributed by atoms with Crippen LogP contribution in [0.25, 0.3) is 0 Å². The van der Waals surface area contributed by atoms with Gasteiger partial charge in [-0.1, -0.05) is 12.8 Å². The van der Waals surface area contributed by atoms with Crippen LogP contribution in [0.1, 0.15) is 38.5 Å². The molecule has 0 heterocycles. The van der Waals surface area contributed by atoms with E-state index in [1.54, 1.807) is 0 Å². The zero-order valence-corrected chi connectivity index (χ0v) is 10.1. The summed E-state index contributed by atoms with van der Waals surface area (Å²) in [7, 11) is 2.20. The fourth-order valence-corrected chi connectivity index (χ4v) is 2.79. The number of hydrogen-bond donors (Lipinski definition) is 2. The smallest absolute Gasteiger partial charge is 0.234 e. The van der Waals surface area contributed by atoms with Crippen molar-refractivity contribution in [3.8, 4) is 0 Å². The van der Waals surface area contributed by atoms with Crippen LogP contribution < -0.4 is 11.1 Å². The van der Waals surface area contributed by atoms with E-state index < -0.39 is 0 Å². The van der Waals surface area contributed by atoms with Crippen LogP contribution in [0.3, 0.4) is 0 Å². The third-order valence-electron chi connectivity index (χ3n) is 3.91. The normalized spacial score (nSPS) is 30.4. The second kappa shape index (κ2) is 5.15. The summed E-state index contributed by atoms with van der Waals surface area (Å²) < 4.78 is 0. The van der Waals surface area contributed by atoms with Crippen molar-refractivity contribution in [2.24, 2.45) is 5.73 Å². The molecule has 0 spiro atoms. The highest BCUT2D eigenvalue weighted by molar-refractivity contribution is 5.78. The lowest BCUT2D eigenvalue weighted by molar-refractivity contribution is -0.121. The molecule has 3 N–H and O–H groups in total. The van der Waals surface area contributed by atoms with Crippen molar-refractivity contribution in [1.82, 2.24) is 10.2 Å².